The van der Waals surface area contributed by atoms with Crippen molar-refractivity contribution in [3.63, 3.8) is 0 Å². The molecule has 0 atom stereocenters. The smallest absolute Gasteiger partial charge is 0.335 e. The third-order valence-electron chi connectivity index (χ3n) is 3.20. The molecule has 0 spiro atoms. The standard InChI is InChI=1S/C16H17NO4S/c1-21-14-9-13(16(19)20)3-2-12(14)4-6-17-15(18)8-11-5-7-22-10-11/h2-3,5,7,9-10H,4,6,8H2,1H3,(H,17,18)(H,19,20). The van der Waals surface area contributed by atoms with Crippen molar-refractivity contribution >= 4 is 23.2 Å². The van der Waals surface area contributed by atoms with Gasteiger partial charge in [-0.25, -0.2) is 4.79 Å². The number of benzene rings is 1. The van der Waals surface area contributed by atoms with Crippen LogP contribution in [0.25, 0.3) is 0 Å². The Morgan fingerprint density at radius 2 is 2.14 bits per heavy atom. The van der Waals surface area contributed by atoms with Crippen LogP contribution < -0.4 is 10.1 Å². The van der Waals surface area contributed by atoms with Crippen LogP contribution in [-0.4, -0.2) is 30.6 Å². The van der Waals surface area contributed by atoms with E-state index < -0.39 is 5.97 Å². The predicted octanol–water partition coefficient (Wildman–Crippen LogP) is 2.36. The lowest BCUT2D eigenvalue weighted by Crippen LogP contribution is -2.27. The highest BCUT2D eigenvalue weighted by molar-refractivity contribution is 7.07. The summed E-state index contributed by atoms with van der Waals surface area (Å²) in [5.41, 5.74) is 2.05. The van der Waals surface area contributed by atoms with Crippen LogP contribution in [-0.2, 0) is 17.6 Å². The van der Waals surface area contributed by atoms with Crippen molar-refractivity contribution in [1.82, 2.24) is 5.32 Å². The first-order valence-corrected chi connectivity index (χ1v) is 7.72. The summed E-state index contributed by atoms with van der Waals surface area (Å²) in [6.07, 6.45) is 0.955. The Hall–Kier alpha value is -2.34. The highest BCUT2D eigenvalue weighted by Gasteiger charge is 2.09. The zero-order valence-electron chi connectivity index (χ0n) is 12.2. The number of amides is 1. The number of ether oxygens (including phenoxy) is 1. The molecule has 1 aromatic heterocycles. The van der Waals surface area contributed by atoms with Gasteiger partial charge in [0, 0.05) is 6.54 Å². The first-order chi connectivity index (χ1) is 10.6. The van der Waals surface area contributed by atoms with E-state index in [0.29, 0.717) is 25.1 Å². The van der Waals surface area contributed by atoms with E-state index in [1.54, 1.807) is 17.4 Å². The van der Waals surface area contributed by atoms with Crippen LogP contribution in [0.15, 0.2) is 35.0 Å². The lowest BCUT2D eigenvalue weighted by atomic mass is 10.1. The molecule has 1 amide bonds. The van der Waals surface area contributed by atoms with Crippen molar-refractivity contribution in [3.05, 3.63) is 51.7 Å². The Labute approximate surface area is 132 Å². The van der Waals surface area contributed by atoms with Gasteiger partial charge in [-0.2, -0.15) is 11.3 Å². The van der Waals surface area contributed by atoms with Crippen LogP contribution in [0.4, 0.5) is 0 Å². The van der Waals surface area contributed by atoms with E-state index in [1.807, 2.05) is 16.8 Å². The predicted molar refractivity (Wildman–Crippen MR) is 84.7 cm³/mol. The first-order valence-electron chi connectivity index (χ1n) is 6.78. The Bertz CT molecular complexity index is 652. The van der Waals surface area contributed by atoms with E-state index in [4.69, 9.17) is 9.84 Å². The fraction of sp³-hybridized carbons (Fsp3) is 0.250. The largest absolute Gasteiger partial charge is 0.496 e. The van der Waals surface area contributed by atoms with Crippen molar-refractivity contribution in [1.29, 1.82) is 0 Å². The molecular formula is C16H17NO4S. The van der Waals surface area contributed by atoms with Crippen molar-refractivity contribution in [2.24, 2.45) is 0 Å². The maximum atomic E-state index is 11.8. The van der Waals surface area contributed by atoms with Crippen LogP contribution in [0.1, 0.15) is 21.5 Å². The van der Waals surface area contributed by atoms with Gasteiger partial charge in [0.05, 0.1) is 19.1 Å². The highest BCUT2D eigenvalue weighted by atomic mass is 32.1. The van der Waals surface area contributed by atoms with Crippen LogP contribution in [0.3, 0.4) is 0 Å². The first kappa shape index (κ1) is 16.0. The van der Waals surface area contributed by atoms with Gasteiger partial charge in [-0.3, -0.25) is 4.79 Å². The summed E-state index contributed by atoms with van der Waals surface area (Å²) in [5.74, 6) is -0.500. The van der Waals surface area contributed by atoms with Gasteiger partial charge >= 0.3 is 5.97 Å². The van der Waals surface area contributed by atoms with Gasteiger partial charge in [0.15, 0.2) is 0 Å². The maximum Gasteiger partial charge on any atom is 0.335 e. The monoisotopic (exact) mass is 319 g/mol. The molecule has 2 rings (SSSR count). The molecule has 0 aliphatic heterocycles. The molecule has 0 unspecified atom stereocenters. The topological polar surface area (TPSA) is 75.6 Å². The molecule has 0 radical (unpaired) electrons. The fourth-order valence-electron chi connectivity index (χ4n) is 2.06. The van der Waals surface area contributed by atoms with Gasteiger partial charge in [-0.05, 0) is 46.5 Å². The second-order valence-electron chi connectivity index (χ2n) is 4.74. The molecule has 6 heteroatoms. The summed E-state index contributed by atoms with van der Waals surface area (Å²) in [4.78, 5) is 22.7. The van der Waals surface area contributed by atoms with Gasteiger partial charge in [0.2, 0.25) is 5.91 Å². The molecule has 22 heavy (non-hydrogen) atoms. The third-order valence-corrected chi connectivity index (χ3v) is 3.93. The average molecular weight is 319 g/mol. The average Bonchev–Trinajstić information content (AvgIpc) is 3.00. The Balaban J connectivity index is 1.88. The molecule has 1 aromatic carbocycles. The normalized spacial score (nSPS) is 10.2. The molecule has 2 aromatic rings. The molecule has 0 saturated carbocycles. The summed E-state index contributed by atoms with van der Waals surface area (Å²) < 4.78 is 5.20. The van der Waals surface area contributed by atoms with Gasteiger partial charge in [0.25, 0.3) is 0 Å². The zero-order chi connectivity index (χ0) is 15.9. The van der Waals surface area contributed by atoms with Crippen molar-refractivity contribution < 1.29 is 19.4 Å². The van der Waals surface area contributed by atoms with Crippen LogP contribution in [0.5, 0.6) is 5.75 Å². The molecule has 0 aliphatic carbocycles. The number of thiophene rings is 1. The summed E-state index contributed by atoms with van der Waals surface area (Å²) in [7, 11) is 1.50. The Kier molecular flexibility index (Phi) is 5.55. The van der Waals surface area contributed by atoms with E-state index in [0.717, 1.165) is 11.1 Å². The quantitative estimate of drug-likeness (QED) is 0.821. The van der Waals surface area contributed by atoms with E-state index in [2.05, 4.69) is 5.32 Å². The minimum Gasteiger partial charge on any atom is -0.496 e. The number of nitrogens with one attached hydrogen (secondary N) is 1. The summed E-state index contributed by atoms with van der Waals surface area (Å²) in [5, 5.41) is 15.7. The third kappa shape index (κ3) is 4.33. The number of hydrogen-bond donors (Lipinski definition) is 2. The lowest BCUT2D eigenvalue weighted by Gasteiger charge is -2.10. The number of aromatic carboxylic acids is 1. The number of methoxy groups -OCH3 is 1. The van der Waals surface area contributed by atoms with E-state index >= 15 is 0 Å². The second kappa shape index (κ2) is 7.61. The van der Waals surface area contributed by atoms with Crippen molar-refractivity contribution in [2.75, 3.05) is 13.7 Å². The van der Waals surface area contributed by atoms with E-state index in [9.17, 15) is 9.59 Å². The minimum absolute atomic E-state index is 0.0282. The van der Waals surface area contributed by atoms with Crippen molar-refractivity contribution in [3.8, 4) is 5.75 Å². The summed E-state index contributed by atoms with van der Waals surface area (Å²) in [6, 6.07) is 6.67. The van der Waals surface area contributed by atoms with E-state index in [1.165, 1.54) is 19.2 Å². The SMILES string of the molecule is COc1cc(C(=O)O)ccc1CCNC(=O)Cc1ccsc1. The number of carboxylic acid groups (broad SMARTS) is 1. The van der Waals surface area contributed by atoms with Crippen LogP contribution in [0.2, 0.25) is 0 Å². The molecule has 116 valence electrons. The van der Waals surface area contributed by atoms with Crippen LogP contribution in [0, 0.1) is 0 Å². The van der Waals surface area contributed by atoms with Crippen molar-refractivity contribution in [2.45, 2.75) is 12.8 Å². The van der Waals surface area contributed by atoms with E-state index in [-0.39, 0.29) is 11.5 Å². The number of hydrogen-bond acceptors (Lipinski definition) is 4. The molecule has 1 heterocycles. The molecule has 0 bridgehead atoms. The minimum atomic E-state index is -0.992. The van der Waals surface area contributed by atoms with Gasteiger partial charge in [-0.15, -0.1) is 0 Å². The van der Waals surface area contributed by atoms with Crippen LogP contribution >= 0.6 is 11.3 Å². The molecule has 0 aliphatic rings. The van der Waals surface area contributed by atoms with Gasteiger partial charge in [-0.1, -0.05) is 6.07 Å². The molecule has 5 nitrogen and oxygen atoms in total. The second-order valence-corrected chi connectivity index (χ2v) is 5.52. The molecular weight excluding hydrogens is 302 g/mol. The molecule has 2 N–H and O–H groups in total. The summed E-state index contributed by atoms with van der Waals surface area (Å²) in [6.45, 7) is 0.478. The summed E-state index contributed by atoms with van der Waals surface area (Å²) >= 11 is 1.57. The van der Waals surface area contributed by atoms with Gasteiger partial charge in [0.1, 0.15) is 5.75 Å². The number of carboxylic acids is 1. The Morgan fingerprint density at radius 1 is 1.32 bits per heavy atom. The Morgan fingerprint density at radius 3 is 2.77 bits per heavy atom. The number of carbonyl (C=O) groups is 2. The van der Waals surface area contributed by atoms with Gasteiger partial charge < -0.3 is 15.2 Å². The molecule has 0 fully saturated rings. The highest BCUT2D eigenvalue weighted by Crippen LogP contribution is 2.20. The number of carbonyl (C=O) groups excluding carboxylic acids is 1. The lowest BCUT2D eigenvalue weighted by molar-refractivity contribution is -0.120. The fourth-order valence-corrected chi connectivity index (χ4v) is 2.73. The maximum absolute atomic E-state index is 11.8. The number of rotatable bonds is 7. The molecule has 0 saturated heterocycles. The zero-order valence-corrected chi connectivity index (χ0v) is 13.0.